The Morgan fingerprint density at radius 3 is 3.05 bits per heavy atom. The first-order chi connectivity index (χ1) is 10.7. The molecule has 5 heteroatoms. The second kappa shape index (κ2) is 6.13. The molecular weight excluding hydrogens is 280 g/mol. The molecule has 0 N–H and O–H groups in total. The molecule has 1 unspecified atom stereocenters. The Bertz CT molecular complexity index is 714. The molecule has 1 aliphatic rings. The molecule has 3 rings (SSSR count). The molecule has 1 atom stereocenters. The molecule has 0 bridgehead atoms. The van der Waals surface area contributed by atoms with Crippen molar-refractivity contribution < 1.29 is 14.3 Å². The van der Waals surface area contributed by atoms with Crippen LogP contribution in [0.4, 0.5) is 5.69 Å². The molecular formula is C17H18N2O3. The molecule has 0 aliphatic carbocycles. The molecule has 0 saturated carbocycles. The van der Waals surface area contributed by atoms with Crippen LogP contribution >= 0.6 is 0 Å². The summed E-state index contributed by atoms with van der Waals surface area (Å²) in [6.07, 6.45) is 5.29. The lowest BCUT2D eigenvalue weighted by Crippen LogP contribution is -2.45. The number of esters is 1. The number of rotatable bonds is 3. The molecule has 0 radical (unpaired) electrons. The maximum Gasteiger partial charge on any atom is 0.328 e. The number of carbonyl (C=O) groups is 2. The number of aldehydes is 1. The highest BCUT2D eigenvalue weighted by Gasteiger charge is 2.30. The van der Waals surface area contributed by atoms with Crippen molar-refractivity contribution >= 4 is 28.8 Å². The molecule has 2 heterocycles. The number of methoxy groups -OCH3 is 1. The summed E-state index contributed by atoms with van der Waals surface area (Å²) < 4.78 is 4.92. The van der Waals surface area contributed by atoms with Gasteiger partial charge >= 0.3 is 5.97 Å². The Kier molecular flexibility index (Phi) is 4.04. The summed E-state index contributed by atoms with van der Waals surface area (Å²) in [5, 5.41) is 0.899. The monoisotopic (exact) mass is 298 g/mol. The van der Waals surface area contributed by atoms with Crippen LogP contribution in [0.1, 0.15) is 29.6 Å². The third-order valence-corrected chi connectivity index (χ3v) is 4.15. The first-order valence-corrected chi connectivity index (χ1v) is 7.43. The molecule has 22 heavy (non-hydrogen) atoms. The number of piperidine rings is 1. The molecule has 1 saturated heterocycles. The molecule has 114 valence electrons. The molecule has 1 fully saturated rings. The fraction of sp³-hybridized carbons (Fsp3) is 0.353. The molecule has 1 aromatic heterocycles. The number of ether oxygens (including phenoxy) is 1. The SMILES string of the molecule is COC(=O)C1CCCCN1c1cc(C=O)c2ncccc2c1. The fourth-order valence-electron chi connectivity index (χ4n) is 3.08. The van der Waals surface area contributed by atoms with Crippen LogP contribution in [0.3, 0.4) is 0 Å². The Morgan fingerprint density at radius 1 is 1.41 bits per heavy atom. The van der Waals surface area contributed by atoms with Crippen LogP contribution in [-0.2, 0) is 9.53 Å². The van der Waals surface area contributed by atoms with Gasteiger partial charge in [-0.15, -0.1) is 0 Å². The van der Waals surface area contributed by atoms with Crippen LogP contribution in [0.15, 0.2) is 30.5 Å². The van der Waals surface area contributed by atoms with Crippen molar-refractivity contribution in [1.82, 2.24) is 4.98 Å². The lowest BCUT2D eigenvalue weighted by atomic mass is 10.00. The van der Waals surface area contributed by atoms with E-state index in [1.54, 1.807) is 6.20 Å². The Labute approximate surface area is 128 Å². The van der Waals surface area contributed by atoms with Gasteiger partial charge in [-0.1, -0.05) is 6.07 Å². The topological polar surface area (TPSA) is 59.5 Å². The van der Waals surface area contributed by atoms with Gasteiger partial charge in [0.05, 0.1) is 12.6 Å². The summed E-state index contributed by atoms with van der Waals surface area (Å²) in [6.45, 7) is 0.782. The van der Waals surface area contributed by atoms with Gasteiger partial charge in [0.2, 0.25) is 0 Å². The van der Waals surface area contributed by atoms with Gasteiger partial charge in [-0.05, 0) is 37.5 Å². The highest BCUT2D eigenvalue weighted by atomic mass is 16.5. The summed E-state index contributed by atoms with van der Waals surface area (Å²) in [5.74, 6) is -0.223. The van der Waals surface area contributed by atoms with E-state index in [2.05, 4.69) is 4.98 Å². The maximum absolute atomic E-state index is 12.0. The van der Waals surface area contributed by atoms with Crippen LogP contribution in [-0.4, -0.2) is 36.9 Å². The minimum absolute atomic E-state index is 0.223. The third-order valence-electron chi connectivity index (χ3n) is 4.15. The number of carbonyl (C=O) groups excluding carboxylic acids is 2. The molecule has 2 aromatic rings. The van der Waals surface area contributed by atoms with Gasteiger partial charge in [0.1, 0.15) is 6.04 Å². The standard InChI is InChI=1S/C17H18N2O3/c1-22-17(21)15-6-2-3-8-19(15)14-9-12-5-4-7-18-16(12)13(10-14)11-20/h4-5,7,9-11,15H,2-3,6,8H2,1H3. The van der Waals surface area contributed by atoms with Crippen molar-refractivity contribution in [3.05, 3.63) is 36.0 Å². The molecule has 0 amide bonds. The summed E-state index contributed by atoms with van der Waals surface area (Å²) in [5.41, 5.74) is 2.10. The second-order valence-electron chi connectivity index (χ2n) is 5.46. The largest absolute Gasteiger partial charge is 0.467 e. The van der Waals surface area contributed by atoms with Crippen molar-refractivity contribution in [2.45, 2.75) is 25.3 Å². The summed E-state index contributed by atoms with van der Waals surface area (Å²) in [7, 11) is 1.41. The highest BCUT2D eigenvalue weighted by Crippen LogP contribution is 2.29. The van der Waals surface area contributed by atoms with Gasteiger partial charge in [0.15, 0.2) is 6.29 Å². The van der Waals surface area contributed by atoms with E-state index in [0.717, 1.165) is 43.2 Å². The van der Waals surface area contributed by atoms with Crippen molar-refractivity contribution in [3.8, 4) is 0 Å². The number of benzene rings is 1. The summed E-state index contributed by atoms with van der Waals surface area (Å²) >= 11 is 0. The molecule has 1 aliphatic heterocycles. The number of fused-ring (bicyclic) bond motifs is 1. The molecule has 1 aromatic carbocycles. The average Bonchev–Trinajstić information content (AvgIpc) is 2.60. The van der Waals surface area contributed by atoms with Gasteiger partial charge in [-0.25, -0.2) is 4.79 Å². The van der Waals surface area contributed by atoms with Crippen LogP contribution < -0.4 is 4.90 Å². The van der Waals surface area contributed by atoms with Crippen LogP contribution in [0, 0.1) is 0 Å². The van der Waals surface area contributed by atoms with E-state index in [1.165, 1.54) is 7.11 Å². The molecule has 5 nitrogen and oxygen atoms in total. The zero-order chi connectivity index (χ0) is 15.5. The Balaban J connectivity index is 2.07. The lowest BCUT2D eigenvalue weighted by molar-refractivity contribution is -0.142. The lowest BCUT2D eigenvalue weighted by Gasteiger charge is -2.35. The fourth-order valence-corrected chi connectivity index (χ4v) is 3.08. The maximum atomic E-state index is 12.0. The van der Waals surface area contributed by atoms with Crippen LogP contribution in [0.2, 0.25) is 0 Å². The first-order valence-electron chi connectivity index (χ1n) is 7.43. The first kappa shape index (κ1) is 14.5. The summed E-state index contributed by atoms with van der Waals surface area (Å²) in [6, 6.07) is 7.28. The van der Waals surface area contributed by atoms with E-state index in [4.69, 9.17) is 4.74 Å². The van der Waals surface area contributed by atoms with Gasteiger partial charge in [-0.2, -0.15) is 0 Å². The van der Waals surface area contributed by atoms with Crippen molar-refractivity contribution in [2.24, 2.45) is 0 Å². The van der Waals surface area contributed by atoms with Crippen molar-refractivity contribution in [3.63, 3.8) is 0 Å². The smallest absolute Gasteiger partial charge is 0.328 e. The van der Waals surface area contributed by atoms with Gasteiger partial charge in [0.25, 0.3) is 0 Å². The minimum atomic E-state index is -0.285. The third kappa shape index (κ3) is 2.54. The predicted molar refractivity (Wildman–Crippen MR) is 84.1 cm³/mol. The van der Waals surface area contributed by atoms with E-state index in [9.17, 15) is 9.59 Å². The van der Waals surface area contributed by atoms with Gasteiger partial charge < -0.3 is 9.64 Å². The number of aromatic nitrogens is 1. The summed E-state index contributed by atoms with van der Waals surface area (Å²) in [4.78, 5) is 29.7. The van der Waals surface area contributed by atoms with Crippen LogP contribution in [0.5, 0.6) is 0 Å². The zero-order valence-electron chi connectivity index (χ0n) is 12.5. The molecule has 0 spiro atoms. The Morgan fingerprint density at radius 2 is 2.27 bits per heavy atom. The second-order valence-corrected chi connectivity index (χ2v) is 5.46. The minimum Gasteiger partial charge on any atom is -0.467 e. The number of anilines is 1. The Hall–Kier alpha value is -2.43. The highest BCUT2D eigenvalue weighted by molar-refractivity contribution is 5.98. The van der Waals surface area contributed by atoms with E-state index < -0.39 is 0 Å². The number of hydrogen-bond acceptors (Lipinski definition) is 5. The average molecular weight is 298 g/mol. The van der Waals surface area contributed by atoms with Crippen LogP contribution in [0.25, 0.3) is 10.9 Å². The number of nitrogens with zero attached hydrogens (tertiary/aromatic N) is 2. The van der Waals surface area contributed by atoms with E-state index in [1.807, 2.05) is 29.2 Å². The number of pyridine rings is 1. The van der Waals surface area contributed by atoms with Crippen molar-refractivity contribution in [2.75, 3.05) is 18.6 Å². The number of hydrogen-bond donors (Lipinski definition) is 0. The predicted octanol–water partition coefficient (Wildman–Crippen LogP) is 2.58. The zero-order valence-corrected chi connectivity index (χ0v) is 12.5. The van der Waals surface area contributed by atoms with E-state index in [0.29, 0.717) is 11.1 Å². The quantitative estimate of drug-likeness (QED) is 0.644. The van der Waals surface area contributed by atoms with Crippen molar-refractivity contribution in [1.29, 1.82) is 0 Å². The van der Waals surface area contributed by atoms with E-state index in [-0.39, 0.29) is 12.0 Å². The van der Waals surface area contributed by atoms with Gasteiger partial charge in [-0.3, -0.25) is 9.78 Å². The normalized spacial score (nSPS) is 18.2. The van der Waals surface area contributed by atoms with Gasteiger partial charge in [0, 0.05) is 29.4 Å². The van der Waals surface area contributed by atoms with E-state index >= 15 is 0 Å².